The first-order valence-electron chi connectivity index (χ1n) is 2.51. The Hall–Kier alpha value is -0.510. The predicted molar refractivity (Wildman–Crippen MR) is 35.5 cm³/mol. The fourth-order valence-electron chi connectivity index (χ4n) is 0.267. The molecule has 0 aromatic rings. The molecule has 52 valence electrons. The number of rotatable bonds is 4. The number of esters is 1. The summed E-state index contributed by atoms with van der Waals surface area (Å²) in [5, 5.41) is 0. The summed E-state index contributed by atoms with van der Waals surface area (Å²) in [6, 6.07) is 0. The Morgan fingerprint density at radius 2 is 2.33 bits per heavy atom. The van der Waals surface area contributed by atoms with Gasteiger partial charge >= 0.3 is 5.97 Å². The van der Waals surface area contributed by atoms with E-state index in [4.69, 9.17) is 0 Å². The highest BCUT2D eigenvalue weighted by Crippen LogP contribution is 1.82. The lowest BCUT2D eigenvalue weighted by Crippen LogP contribution is -2.06. The van der Waals surface area contributed by atoms with Gasteiger partial charge in [0.2, 0.25) is 0 Å². The third-order valence-electron chi connectivity index (χ3n) is 0.628. The second-order valence-electron chi connectivity index (χ2n) is 1.33. The van der Waals surface area contributed by atoms with Crippen molar-refractivity contribution < 1.29 is 14.3 Å². The van der Waals surface area contributed by atoms with Crippen molar-refractivity contribution in [2.45, 2.75) is 6.42 Å². The molecule has 0 saturated carbocycles. The Morgan fingerprint density at radius 3 is 2.78 bits per heavy atom. The first-order chi connectivity index (χ1) is 4.31. The summed E-state index contributed by atoms with van der Waals surface area (Å²) in [5.41, 5.74) is 0. The first-order valence-corrected chi connectivity index (χ1v) is 3.14. The zero-order valence-electron chi connectivity index (χ0n) is 4.87. The van der Waals surface area contributed by atoms with E-state index in [1.54, 1.807) is 0 Å². The third kappa shape index (κ3) is 5.36. The number of thiol groups is 1. The summed E-state index contributed by atoms with van der Waals surface area (Å²) in [5.74, 6) is -0.320. The van der Waals surface area contributed by atoms with Crippen molar-refractivity contribution in [2.75, 3.05) is 12.4 Å². The van der Waals surface area contributed by atoms with Crippen molar-refractivity contribution in [3.8, 4) is 0 Å². The smallest absolute Gasteiger partial charge is 0.315 e. The molecule has 0 aliphatic heterocycles. The van der Waals surface area contributed by atoms with Crippen LogP contribution in [0.3, 0.4) is 0 Å². The normalized spacial score (nSPS) is 8.56. The standard InChI is InChI=1S/C5H8O3S/c6-2-1-3-8-5(7)4-9/h2,9H,1,3-4H2. The fourth-order valence-corrected chi connectivity index (χ4v) is 0.358. The largest absolute Gasteiger partial charge is 0.465 e. The molecule has 0 aliphatic rings. The molecule has 4 heteroatoms. The van der Waals surface area contributed by atoms with E-state index in [0.29, 0.717) is 6.29 Å². The van der Waals surface area contributed by atoms with Gasteiger partial charge in [-0.1, -0.05) is 0 Å². The Bertz CT molecular complexity index is 102. The molecular formula is C5H8O3S. The molecule has 3 nitrogen and oxygen atoms in total. The third-order valence-corrected chi connectivity index (χ3v) is 0.886. The van der Waals surface area contributed by atoms with E-state index >= 15 is 0 Å². The molecule has 0 bridgehead atoms. The second kappa shape index (κ2) is 5.62. The van der Waals surface area contributed by atoms with Crippen LogP contribution < -0.4 is 0 Å². The van der Waals surface area contributed by atoms with Crippen molar-refractivity contribution in [3.63, 3.8) is 0 Å². The van der Waals surface area contributed by atoms with E-state index in [2.05, 4.69) is 17.4 Å². The monoisotopic (exact) mass is 148 g/mol. The van der Waals surface area contributed by atoms with Gasteiger partial charge in [-0.15, -0.1) is 0 Å². The summed E-state index contributed by atoms with van der Waals surface area (Å²) in [6.45, 7) is 0.170. The van der Waals surface area contributed by atoms with Crippen LogP contribution in [0.15, 0.2) is 0 Å². The molecule has 0 rings (SSSR count). The number of carbonyl (C=O) groups is 2. The van der Waals surface area contributed by atoms with Crippen molar-refractivity contribution in [1.29, 1.82) is 0 Å². The van der Waals surface area contributed by atoms with Gasteiger partial charge in [0.25, 0.3) is 0 Å². The molecule has 0 aliphatic carbocycles. The topological polar surface area (TPSA) is 43.4 Å². The van der Waals surface area contributed by atoms with Gasteiger partial charge in [0, 0.05) is 6.42 Å². The minimum Gasteiger partial charge on any atom is -0.465 e. The molecule has 0 saturated heterocycles. The predicted octanol–water partition coefficient (Wildman–Crippen LogP) is 0.0484. The first kappa shape index (κ1) is 8.49. The molecule has 0 aromatic heterocycles. The maximum Gasteiger partial charge on any atom is 0.315 e. The van der Waals surface area contributed by atoms with E-state index in [9.17, 15) is 9.59 Å². The lowest BCUT2D eigenvalue weighted by molar-refractivity contribution is -0.140. The number of aldehydes is 1. The van der Waals surface area contributed by atoms with E-state index in [-0.39, 0.29) is 24.7 Å². The quantitative estimate of drug-likeness (QED) is 0.265. The van der Waals surface area contributed by atoms with Gasteiger partial charge < -0.3 is 9.53 Å². The van der Waals surface area contributed by atoms with Crippen molar-refractivity contribution in [1.82, 2.24) is 0 Å². The zero-order valence-corrected chi connectivity index (χ0v) is 5.77. The van der Waals surface area contributed by atoms with Crippen LogP contribution in [0.25, 0.3) is 0 Å². The summed E-state index contributed by atoms with van der Waals surface area (Å²) in [6.07, 6.45) is 0.964. The summed E-state index contributed by atoms with van der Waals surface area (Å²) >= 11 is 3.65. The highest BCUT2D eigenvalue weighted by molar-refractivity contribution is 7.81. The minimum absolute atomic E-state index is 0.0683. The van der Waals surface area contributed by atoms with Crippen LogP contribution in [0.5, 0.6) is 0 Å². The Balaban J connectivity index is 3.06. The van der Waals surface area contributed by atoms with Crippen LogP contribution in [-0.4, -0.2) is 24.6 Å². The number of carbonyl (C=O) groups excluding carboxylic acids is 2. The molecule has 0 fully saturated rings. The van der Waals surface area contributed by atoms with Crippen LogP contribution in [0.4, 0.5) is 0 Å². The highest BCUT2D eigenvalue weighted by atomic mass is 32.1. The Morgan fingerprint density at radius 1 is 1.67 bits per heavy atom. The van der Waals surface area contributed by atoms with E-state index in [0.717, 1.165) is 0 Å². The molecule has 0 amide bonds. The fraction of sp³-hybridized carbons (Fsp3) is 0.600. The van der Waals surface area contributed by atoms with Crippen LogP contribution in [0.2, 0.25) is 0 Å². The molecule has 0 heterocycles. The molecule has 0 N–H and O–H groups in total. The average Bonchev–Trinajstić information content (AvgIpc) is 1.89. The summed E-state index contributed by atoms with van der Waals surface area (Å²) in [4.78, 5) is 19.9. The van der Waals surface area contributed by atoms with Crippen LogP contribution in [0, 0.1) is 0 Å². The highest BCUT2D eigenvalue weighted by Gasteiger charge is 1.95. The zero-order chi connectivity index (χ0) is 7.11. The average molecular weight is 148 g/mol. The van der Waals surface area contributed by atoms with E-state index < -0.39 is 0 Å². The van der Waals surface area contributed by atoms with Crippen LogP contribution >= 0.6 is 12.6 Å². The van der Waals surface area contributed by atoms with Crippen molar-refractivity contribution >= 4 is 24.9 Å². The lowest BCUT2D eigenvalue weighted by atomic mass is 10.5. The van der Waals surface area contributed by atoms with E-state index in [1.807, 2.05) is 0 Å². The second-order valence-corrected chi connectivity index (χ2v) is 1.65. The van der Waals surface area contributed by atoms with Crippen molar-refractivity contribution in [2.24, 2.45) is 0 Å². The van der Waals surface area contributed by atoms with Gasteiger partial charge in [-0.2, -0.15) is 12.6 Å². The Labute approximate surface area is 58.8 Å². The number of ether oxygens (including phenoxy) is 1. The maximum atomic E-state index is 10.3. The van der Waals surface area contributed by atoms with E-state index in [1.165, 1.54) is 0 Å². The molecular weight excluding hydrogens is 140 g/mol. The molecule has 0 unspecified atom stereocenters. The molecule has 0 radical (unpaired) electrons. The van der Waals surface area contributed by atoms with Crippen LogP contribution in [0.1, 0.15) is 6.42 Å². The lowest BCUT2D eigenvalue weighted by Gasteiger charge is -1.96. The van der Waals surface area contributed by atoms with Gasteiger partial charge in [-0.25, -0.2) is 0 Å². The molecule has 0 atom stereocenters. The van der Waals surface area contributed by atoms with Crippen molar-refractivity contribution in [3.05, 3.63) is 0 Å². The van der Waals surface area contributed by atoms with Gasteiger partial charge in [0.1, 0.15) is 6.29 Å². The summed E-state index contributed by atoms with van der Waals surface area (Å²) in [7, 11) is 0. The molecule has 9 heavy (non-hydrogen) atoms. The summed E-state index contributed by atoms with van der Waals surface area (Å²) < 4.78 is 4.48. The maximum absolute atomic E-state index is 10.3. The Kier molecular flexibility index (Phi) is 5.30. The number of hydrogen-bond acceptors (Lipinski definition) is 4. The van der Waals surface area contributed by atoms with Crippen LogP contribution in [-0.2, 0) is 14.3 Å². The minimum atomic E-state index is -0.389. The molecule has 0 aromatic carbocycles. The van der Waals surface area contributed by atoms with Gasteiger partial charge in [0.05, 0.1) is 12.4 Å². The van der Waals surface area contributed by atoms with Gasteiger partial charge in [-0.05, 0) is 0 Å². The van der Waals surface area contributed by atoms with Gasteiger partial charge in [-0.3, -0.25) is 4.79 Å². The number of hydrogen-bond donors (Lipinski definition) is 1. The molecule has 0 spiro atoms. The van der Waals surface area contributed by atoms with Gasteiger partial charge in [0.15, 0.2) is 0 Å². The SMILES string of the molecule is O=CCCOC(=O)CS.